The summed E-state index contributed by atoms with van der Waals surface area (Å²) >= 11 is 0. The molecule has 0 saturated heterocycles. The van der Waals surface area contributed by atoms with Crippen molar-refractivity contribution in [3.05, 3.63) is 42.0 Å². The SMILES string of the molecule is CCN(CC1CC1)c1ccc(CN)c2ccccc12. The Morgan fingerprint density at radius 1 is 1.11 bits per heavy atom. The van der Waals surface area contributed by atoms with Crippen LogP contribution in [-0.2, 0) is 6.54 Å². The van der Waals surface area contributed by atoms with Crippen LogP contribution in [0, 0.1) is 5.92 Å². The van der Waals surface area contributed by atoms with Gasteiger partial charge < -0.3 is 10.6 Å². The second-order valence-corrected chi connectivity index (χ2v) is 5.48. The van der Waals surface area contributed by atoms with E-state index in [1.54, 1.807) is 0 Å². The van der Waals surface area contributed by atoms with Gasteiger partial charge in [0, 0.05) is 30.7 Å². The minimum Gasteiger partial charge on any atom is -0.371 e. The molecule has 0 amide bonds. The van der Waals surface area contributed by atoms with Gasteiger partial charge in [-0.1, -0.05) is 30.3 Å². The van der Waals surface area contributed by atoms with Gasteiger partial charge in [-0.05, 0) is 42.7 Å². The third kappa shape index (κ3) is 2.45. The van der Waals surface area contributed by atoms with Gasteiger partial charge in [0.2, 0.25) is 0 Å². The maximum absolute atomic E-state index is 5.85. The fraction of sp³-hybridized carbons (Fsp3) is 0.412. The molecule has 0 bridgehead atoms. The van der Waals surface area contributed by atoms with Gasteiger partial charge in [0.25, 0.3) is 0 Å². The molecule has 0 spiro atoms. The molecule has 1 aliphatic rings. The van der Waals surface area contributed by atoms with Gasteiger partial charge in [-0.15, -0.1) is 0 Å². The summed E-state index contributed by atoms with van der Waals surface area (Å²) in [5.41, 5.74) is 8.45. The Morgan fingerprint density at radius 3 is 2.47 bits per heavy atom. The summed E-state index contributed by atoms with van der Waals surface area (Å²) in [6, 6.07) is 13.1. The van der Waals surface area contributed by atoms with Gasteiger partial charge in [0.15, 0.2) is 0 Å². The van der Waals surface area contributed by atoms with Gasteiger partial charge in [0.1, 0.15) is 0 Å². The largest absolute Gasteiger partial charge is 0.371 e. The first kappa shape index (κ1) is 12.5. The number of fused-ring (bicyclic) bond motifs is 1. The van der Waals surface area contributed by atoms with E-state index in [1.807, 2.05) is 0 Å². The Hall–Kier alpha value is -1.54. The van der Waals surface area contributed by atoms with E-state index in [4.69, 9.17) is 5.73 Å². The number of benzene rings is 2. The monoisotopic (exact) mass is 254 g/mol. The Balaban J connectivity index is 2.06. The molecule has 1 saturated carbocycles. The zero-order valence-corrected chi connectivity index (χ0v) is 11.6. The highest BCUT2D eigenvalue weighted by Gasteiger charge is 2.24. The summed E-state index contributed by atoms with van der Waals surface area (Å²) in [7, 11) is 0. The van der Waals surface area contributed by atoms with Crippen LogP contribution in [0.3, 0.4) is 0 Å². The predicted molar refractivity (Wildman–Crippen MR) is 82.5 cm³/mol. The molecular weight excluding hydrogens is 232 g/mol. The Morgan fingerprint density at radius 2 is 1.84 bits per heavy atom. The van der Waals surface area contributed by atoms with Crippen molar-refractivity contribution in [2.75, 3.05) is 18.0 Å². The number of hydrogen-bond acceptors (Lipinski definition) is 2. The fourth-order valence-corrected chi connectivity index (χ4v) is 2.81. The molecule has 0 aromatic heterocycles. The molecule has 2 heteroatoms. The first-order valence-electron chi connectivity index (χ1n) is 7.29. The van der Waals surface area contributed by atoms with Crippen LogP contribution >= 0.6 is 0 Å². The van der Waals surface area contributed by atoms with Crippen molar-refractivity contribution in [2.24, 2.45) is 11.7 Å². The molecule has 0 atom stereocenters. The lowest BCUT2D eigenvalue weighted by atomic mass is 10.0. The minimum absolute atomic E-state index is 0.607. The molecule has 0 aliphatic heterocycles. The van der Waals surface area contributed by atoms with Crippen molar-refractivity contribution in [2.45, 2.75) is 26.3 Å². The molecule has 2 aromatic carbocycles. The molecule has 2 nitrogen and oxygen atoms in total. The second kappa shape index (κ2) is 5.22. The quantitative estimate of drug-likeness (QED) is 0.884. The smallest absolute Gasteiger partial charge is 0.0446 e. The van der Waals surface area contributed by atoms with Crippen LogP contribution in [0.4, 0.5) is 5.69 Å². The zero-order chi connectivity index (χ0) is 13.2. The van der Waals surface area contributed by atoms with E-state index in [2.05, 4.69) is 48.2 Å². The van der Waals surface area contributed by atoms with Crippen molar-refractivity contribution in [1.82, 2.24) is 0 Å². The van der Waals surface area contributed by atoms with Crippen molar-refractivity contribution in [3.8, 4) is 0 Å². The van der Waals surface area contributed by atoms with Gasteiger partial charge >= 0.3 is 0 Å². The average Bonchev–Trinajstić information content (AvgIpc) is 3.28. The van der Waals surface area contributed by atoms with E-state index in [0.29, 0.717) is 6.54 Å². The first-order chi connectivity index (χ1) is 9.33. The van der Waals surface area contributed by atoms with Crippen LogP contribution in [0.15, 0.2) is 36.4 Å². The Kier molecular flexibility index (Phi) is 3.43. The third-order valence-electron chi connectivity index (χ3n) is 4.11. The predicted octanol–water partition coefficient (Wildman–Crippen LogP) is 3.53. The van der Waals surface area contributed by atoms with Gasteiger partial charge in [0.05, 0.1) is 0 Å². The van der Waals surface area contributed by atoms with Crippen molar-refractivity contribution < 1.29 is 0 Å². The van der Waals surface area contributed by atoms with Crippen LogP contribution in [0.2, 0.25) is 0 Å². The molecule has 19 heavy (non-hydrogen) atoms. The second-order valence-electron chi connectivity index (χ2n) is 5.48. The van der Waals surface area contributed by atoms with Crippen molar-refractivity contribution >= 4 is 16.5 Å². The van der Waals surface area contributed by atoms with Crippen LogP contribution in [-0.4, -0.2) is 13.1 Å². The van der Waals surface area contributed by atoms with E-state index in [9.17, 15) is 0 Å². The minimum atomic E-state index is 0.607. The van der Waals surface area contributed by atoms with Crippen LogP contribution < -0.4 is 10.6 Å². The van der Waals surface area contributed by atoms with Gasteiger partial charge in [-0.2, -0.15) is 0 Å². The molecular formula is C17H22N2. The maximum atomic E-state index is 5.85. The number of nitrogens with zero attached hydrogens (tertiary/aromatic N) is 1. The third-order valence-corrected chi connectivity index (χ3v) is 4.11. The normalized spacial score (nSPS) is 14.8. The Bertz CT molecular complexity index is 572. The van der Waals surface area contributed by atoms with E-state index >= 15 is 0 Å². The number of anilines is 1. The van der Waals surface area contributed by atoms with Crippen molar-refractivity contribution in [3.63, 3.8) is 0 Å². The van der Waals surface area contributed by atoms with E-state index in [-0.39, 0.29) is 0 Å². The number of rotatable bonds is 5. The summed E-state index contributed by atoms with van der Waals surface area (Å²) in [4.78, 5) is 2.51. The summed E-state index contributed by atoms with van der Waals surface area (Å²) in [5, 5.41) is 2.64. The molecule has 0 radical (unpaired) electrons. The summed E-state index contributed by atoms with van der Waals surface area (Å²) < 4.78 is 0. The lowest BCUT2D eigenvalue weighted by Crippen LogP contribution is -2.25. The van der Waals surface area contributed by atoms with Crippen LogP contribution in [0.5, 0.6) is 0 Å². The standard InChI is InChI=1S/C17H22N2/c1-2-19(12-13-7-8-13)17-10-9-14(11-18)15-5-3-4-6-16(15)17/h3-6,9-10,13H,2,7-8,11-12,18H2,1H3. The molecule has 2 N–H and O–H groups in total. The highest BCUT2D eigenvalue weighted by molar-refractivity contribution is 5.96. The van der Waals surface area contributed by atoms with Crippen molar-refractivity contribution in [1.29, 1.82) is 0 Å². The first-order valence-corrected chi connectivity index (χ1v) is 7.29. The highest BCUT2D eigenvalue weighted by atomic mass is 15.1. The maximum Gasteiger partial charge on any atom is 0.0446 e. The lowest BCUT2D eigenvalue weighted by Gasteiger charge is -2.25. The van der Waals surface area contributed by atoms with Crippen LogP contribution in [0.25, 0.3) is 10.8 Å². The van der Waals surface area contributed by atoms with E-state index in [1.165, 1.54) is 41.4 Å². The number of hydrogen-bond donors (Lipinski definition) is 1. The molecule has 0 heterocycles. The lowest BCUT2D eigenvalue weighted by molar-refractivity contribution is 0.744. The number of nitrogens with two attached hydrogens (primary N) is 1. The highest BCUT2D eigenvalue weighted by Crippen LogP contribution is 2.34. The average molecular weight is 254 g/mol. The van der Waals surface area contributed by atoms with Crippen LogP contribution in [0.1, 0.15) is 25.3 Å². The van der Waals surface area contributed by atoms with Gasteiger partial charge in [-0.3, -0.25) is 0 Å². The topological polar surface area (TPSA) is 29.3 Å². The summed E-state index contributed by atoms with van der Waals surface area (Å²) in [6.07, 6.45) is 2.80. The molecule has 1 fully saturated rings. The van der Waals surface area contributed by atoms with Gasteiger partial charge in [-0.25, -0.2) is 0 Å². The molecule has 3 rings (SSSR count). The summed E-state index contributed by atoms with van der Waals surface area (Å²) in [5.74, 6) is 0.910. The zero-order valence-electron chi connectivity index (χ0n) is 11.6. The molecule has 100 valence electrons. The van der Waals surface area contributed by atoms with E-state index in [0.717, 1.165) is 12.5 Å². The summed E-state index contributed by atoms with van der Waals surface area (Å²) in [6.45, 7) is 5.12. The fourth-order valence-electron chi connectivity index (χ4n) is 2.81. The molecule has 0 unspecified atom stereocenters. The van der Waals surface area contributed by atoms with E-state index < -0.39 is 0 Å². The Labute approximate surface area is 115 Å². The molecule has 2 aromatic rings. The molecule has 1 aliphatic carbocycles.